The number of Topliss-reactive ketones (excluding diaryl/α,β-unsaturated/α-hetero) is 1. The molecule has 0 radical (unpaired) electrons. The van der Waals surface area contributed by atoms with E-state index < -0.39 is 0 Å². The molecule has 108 valence electrons. The molecule has 1 aromatic carbocycles. The summed E-state index contributed by atoms with van der Waals surface area (Å²) in [4.78, 5) is 14.7. The Morgan fingerprint density at radius 1 is 1.40 bits per heavy atom. The van der Waals surface area contributed by atoms with Crippen LogP contribution < -0.4 is 4.74 Å². The fraction of sp³-hybridized carbons (Fsp3) is 0.562. The van der Waals surface area contributed by atoms with E-state index in [1.54, 1.807) is 0 Å². The Bertz CT molecular complexity index is 505. The van der Waals surface area contributed by atoms with Crippen molar-refractivity contribution < 1.29 is 9.53 Å². The molecular weight excluding hydrogens is 270 g/mol. The lowest BCUT2D eigenvalue weighted by Gasteiger charge is -2.34. The van der Waals surface area contributed by atoms with Crippen molar-refractivity contribution >= 4 is 17.5 Å². The fourth-order valence-corrected chi connectivity index (χ4v) is 3.80. The molecule has 0 bridgehead atoms. The van der Waals surface area contributed by atoms with Crippen molar-refractivity contribution in [3.8, 4) is 5.75 Å². The van der Waals surface area contributed by atoms with E-state index in [0.29, 0.717) is 6.42 Å². The molecule has 2 aliphatic rings. The van der Waals surface area contributed by atoms with E-state index in [1.807, 2.05) is 36.0 Å². The van der Waals surface area contributed by atoms with Gasteiger partial charge in [0.1, 0.15) is 11.4 Å². The summed E-state index contributed by atoms with van der Waals surface area (Å²) in [6.07, 6.45) is 1.49. The van der Waals surface area contributed by atoms with E-state index in [-0.39, 0.29) is 11.4 Å². The van der Waals surface area contributed by atoms with E-state index in [1.165, 1.54) is 5.75 Å². The number of rotatable bonds is 4. The van der Waals surface area contributed by atoms with E-state index in [0.717, 1.165) is 43.1 Å². The minimum atomic E-state index is -0.275. The first-order valence-electron chi connectivity index (χ1n) is 7.34. The van der Waals surface area contributed by atoms with Crippen LogP contribution in [-0.4, -0.2) is 47.4 Å². The Morgan fingerprint density at radius 3 is 3.10 bits per heavy atom. The Balaban J connectivity index is 1.69. The molecule has 0 aliphatic carbocycles. The summed E-state index contributed by atoms with van der Waals surface area (Å²) < 4.78 is 6.22. The largest absolute Gasteiger partial charge is 0.485 e. The van der Waals surface area contributed by atoms with Crippen LogP contribution in [0.25, 0.3) is 0 Å². The first kappa shape index (κ1) is 14.0. The lowest BCUT2D eigenvalue weighted by atomic mass is 9.89. The molecule has 3 rings (SSSR count). The summed E-state index contributed by atoms with van der Waals surface area (Å²) in [6, 6.07) is 7.63. The van der Waals surface area contributed by atoms with Crippen molar-refractivity contribution in [1.29, 1.82) is 0 Å². The van der Waals surface area contributed by atoms with E-state index in [2.05, 4.69) is 11.8 Å². The van der Waals surface area contributed by atoms with Crippen LogP contribution in [0.5, 0.6) is 5.75 Å². The van der Waals surface area contributed by atoms with E-state index >= 15 is 0 Å². The lowest BCUT2D eigenvalue weighted by molar-refractivity contribution is 0.0464. The van der Waals surface area contributed by atoms with Crippen LogP contribution in [0.3, 0.4) is 0 Å². The summed E-state index contributed by atoms with van der Waals surface area (Å²) in [7, 11) is 0. The Hall–Kier alpha value is -1.00. The summed E-state index contributed by atoms with van der Waals surface area (Å²) >= 11 is 1.97. The molecular formula is C16H21NO2S. The minimum Gasteiger partial charge on any atom is -0.485 e. The minimum absolute atomic E-state index is 0.233. The van der Waals surface area contributed by atoms with Crippen LogP contribution >= 0.6 is 11.8 Å². The number of para-hydroxylation sites is 1. The molecule has 3 nitrogen and oxygen atoms in total. The number of fused-ring (bicyclic) bond motifs is 1. The highest BCUT2D eigenvalue weighted by Crippen LogP contribution is 2.38. The number of ether oxygens (including phenoxy) is 1. The molecule has 1 unspecified atom stereocenters. The lowest BCUT2D eigenvalue weighted by Crippen LogP contribution is -2.44. The predicted octanol–water partition coefficient (Wildman–Crippen LogP) is 2.85. The van der Waals surface area contributed by atoms with Gasteiger partial charge >= 0.3 is 0 Å². The van der Waals surface area contributed by atoms with Gasteiger partial charge in [-0.05, 0) is 17.9 Å². The number of thioether (sulfide) groups is 1. The van der Waals surface area contributed by atoms with Gasteiger partial charge in [0, 0.05) is 31.8 Å². The maximum Gasteiger partial charge on any atom is 0.170 e. The number of ketones is 1. The third-order valence-electron chi connectivity index (χ3n) is 4.15. The summed E-state index contributed by atoms with van der Waals surface area (Å²) in [5.41, 5.74) is 0.473. The van der Waals surface area contributed by atoms with Gasteiger partial charge in [-0.2, -0.15) is 11.8 Å². The van der Waals surface area contributed by atoms with Crippen molar-refractivity contribution in [3.63, 3.8) is 0 Å². The summed E-state index contributed by atoms with van der Waals surface area (Å²) in [5.74, 6) is 3.34. The van der Waals surface area contributed by atoms with Gasteiger partial charge in [0.05, 0.1) is 12.0 Å². The number of hydrogen-bond acceptors (Lipinski definition) is 4. The first-order valence-corrected chi connectivity index (χ1v) is 8.49. The molecule has 2 heterocycles. The molecule has 0 aromatic heterocycles. The molecule has 1 saturated heterocycles. The van der Waals surface area contributed by atoms with E-state index in [4.69, 9.17) is 4.74 Å². The van der Waals surface area contributed by atoms with Crippen molar-refractivity contribution in [2.75, 3.05) is 31.1 Å². The number of nitrogens with zero attached hydrogens (tertiary/aromatic N) is 1. The molecule has 0 N–H and O–H groups in total. The van der Waals surface area contributed by atoms with Crippen molar-refractivity contribution in [3.05, 3.63) is 29.8 Å². The number of likely N-dealkylation sites (tertiary alicyclic amines) is 1. The van der Waals surface area contributed by atoms with Crippen LogP contribution in [0.4, 0.5) is 0 Å². The molecule has 0 saturated carbocycles. The molecule has 2 aliphatic heterocycles. The maximum atomic E-state index is 12.3. The second-order valence-corrected chi connectivity index (χ2v) is 7.00. The van der Waals surface area contributed by atoms with Gasteiger partial charge in [-0.15, -0.1) is 0 Å². The second kappa shape index (κ2) is 5.78. The van der Waals surface area contributed by atoms with Crippen LogP contribution in [-0.2, 0) is 0 Å². The van der Waals surface area contributed by atoms with Gasteiger partial charge in [-0.25, -0.2) is 0 Å². The fourth-order valence-electron chi connectivity index (χ4n) is 3.13. The average molecular weight is 291 g/mol. The third-order valence-corrected chi connectivity index (χ3v) is 5.03. The monoisotopic (exact) mass is 291 g/mol. The van der Waals surface area contributed by atoms with Crippen LogP contribution in [0.2, 0.25) is 0 Å². The molecule has 1 aromatic rings. The zero-order valence-corrected chi connectivity index (χ0v) is 12.7. The van der Waals surface area contributed by atoms with Crippen LogP contribution in [0, 0.1) is 0 Å². The summed E-state index contributed by atoms with van der Waals surface area (Å²) in [5, 5.41) is 0. The van der Waals surface area contributed by atoms with Crippen LogP contribution in [0.15, 0.2) is 24.3 Å². The smallest absolute Gasteiger partial charge is 0.170 e. The van der Waals surface area contributed by atoms with Crippen molar-refractivity contribution in [1.82, 2.24) is 4.90 Å². The van der Waals surface area contributed by atoms with Gasteiger partial charge in [0.15, 0.2) is 5.78 Å². The van der Waals surface area contributed by atoms with Gasteiger partial charge in [-0.1, -0.05) is 19.1 Å². The van der Waals surface area contributed by atoms with E-state index in [9.17, 15) is 4.79 Å². The molecule has 1 spiro atoms. The third kappa shape index (κ3) is 2.72. The maximum absolute atomic E-state index is 12.3. The van der Waals surface area contributed by atoms with Gasteiger partial charge in [0.2, 0.25) is 0 Å². The predicted molar refractivity (Wildman–Crippen MR) is 82.8 cm³/mol. The first-order chi connectivity index (χ1) is 9.72. The number of carbonyl (C=O) groups is 1. The molecule has 4 heteroatoms. The van der Waals surface area contributed by atoms with Gasteiger partial charge in [0.25, 0.3) is 0 Å². The summed E-state index contributed by atoms with van der Waals surface area (Å²) in [6.45, 7) is 5.21. The standard InChI is InChI=1S/C16H21NO2S/c1-2-20-10-9-17-8-7-16(12-17)11-14(18)13-5-3-4-6-15(13)19-16/h3-6H,2,7-12H2,1H3. The SMILES string of the molecule is CCSCCN1CCC2(CC(=O)c3ccccc3O2)C1. The number of hydrogen-bond donors (Lipinski definition) is 0. The number of benzene rings is 1. The van der Waals surface area contributed by atoms with Gasteiger partial charge in [-0.3, -0.25) is 9.69 Å². The van der Waals surface area contributed by atoms with Crippen LogP contribution in [0.1, 0.15) is 30.1 Å². The number of carbonyl (C=O) groups excluding carboxylic acids is 1. The topological polar surface area (TPSA) is 29.5 Å². The van der Waals surface area contributed by atoms with Crippen molar-refractivity contribution in [2.45, 2.75) is 25.4 Å². The van der Waals surface area contributed by atoms with Gasteiger partial charge < -0.3 is 4.74 Å². The highest BCUT2D eigenvalue weighted by atomic mass is 32.2. The Labute approximate surface area is 124 Å². The highest BCUT2D eigenvalue weighted by Gasteiger charge is 2.45. The Kier molecular flexibility index (Phi) is 4.03. The average Bonchev–Trinajstić information content (AvgIpc) is 2.82. The normalized spacial score (nSPS) is 25.8. The van der Waals surface area contributed by atoms with Crippen molar-refractivity contribution in [2.24, 2.45) is 0 Å². The zero-order chi connectivity index (χ0) is 14.0. The molecule has 20 heavy (non-hydrogen) atoms. The second-order valence-electron chi connectivity index (χ2n) is 5.60. The quantitative estimate of drug-likeness (QED) is 0.798. The molecule has 1 fully saturated rings. The molecule has 1 atom stereocenters. The zero-order valence-electron chi connectivity index (χ0n) is 11.9. The Morgan fingerprint density at radius 2 is 2.25 bits per heavy atom. The highest BCUT2D eigenvalue weighted by molar-refractivity contribution is 7.99. The molecule has 0 amide bonds.